The van der Waals surface area contributed by atoms with Crippen LogP contribution in [0.15, 0.2) is 204 Å². The lowest BCUT2D eigenvalue weighted by Crippen LogP contribution is -1.98. The van der Waals surface area contributed by atoms with E-state index in [0.717, 1.165) is 49.8 Å². The number of nitrogens with zero attached hydrogens (tertiary/aromatic N) is 4. The molecule has 0 aliphatic heterocycles. The molecule has 11 rings (SSSR count). The molecule has 0 unspecified atom stereocenters. The summed E-state index contributed by atoms with van der Waals surface area (Å²) in [7, 11) is 0. The zero-order chi connectivity index (χ0) is 41.5. The summed E-state index contributed by atoms with van der Waals surface area (Å²) in [6.45, 7) is 1.41. The lowest BCUT2D eigenvalue weighted by molar-refractivity contribution is 1.07. The van der Waals surface area contributed by atoms with Crippen molar-refractivity contribution in [2.24, 2.45) is 10.7 Å². The van der Waals surface area contributed by atoms with E-state index in [-0.39, 0.29) is 0 Å². The number of hydrogen-bond acceptors (Lipinski definition) is 6. The molecule has 0 bridgehead atoms. The van der Waals surface area contributed by atoms with Gasteiger partial charge in [-0.25, -0.2) is 4.98 Å². The van der Waals surface area contributed by atoms with E-state index in [1.807, 2.05) is 48.5 Å². The molecule has 0 spiro atoms. The normalized spacial score (nSPS) is 10.9. The van der Waals surface area contributed by atoms with Crippen molar-refractivity contribution in [3.8, 4) is 11.4 Å². The van der Waals surface area contributed by atoms with Gasteiger partial charge in [0.15, 0.2) is 5.13 Å². The first-order chi connectivity index (χ1) is 30.1. The van der Waals surface area contributed by atoms with Gasteiger partial charge in [0.1, 0.15) is 11.2 Å². The van der Waals surface area contributed by atoms with E-state index in [2.05, 4.69) is 186 Å². The zero-order valence-electron chi connectivity index (χ0n) is 33.0. The second-order valence-corrected chi connectivity index (χ2v) is 16.3. The number of benzene rings is 8. The van der Waals surface area contributed by atoms with Crippen LogP contribution in [0.5, 0.6) is 0 Å². The molecule has 0 radical (unpaired) electrons. The van der Waals surface area contributed by atoms with Crippen molar-refractivity contribution in [2.45, 2.75) is 13.1 Å². The van der Waals surface area contributed by atoms with Gasteiger partial charge in [-0.15, -0.1) is 0 Å². The van der Waals surface area contributed by atoms with Crippen molar-refractivity contribution < 1.29 is 0 Å². The predicted molar refractivity (Wildman–Crippen MR) is 265 cm³/mol. The molecule has 0 aliphatic rings. The Kier molecular flexibility index (Phi) is 11.9. The number of halogens is 1. The van der Waals surface area contributed by atoms with Crippen molar-refractivity contribution in [1.29, 1.82) is 0 Å². The van der Waals surface area contributed by atoms with E-state index >= 15 is 0 Å². The first kappa shape index (κ1) is 39.7. The molecule has 11 aromatic rings. The number of thiocarbonyl (C=S) groups is 1. The average Bonchev–Trinajstić information content (AvgIpc) is 4.00. The van der Waals surface area contributed by atoms with E-state index in [0.29, 0.717) is 6.54 Å². The number of rotatable bonds is 7. The van der Waals surface area contributed by atoms with Gasteiger partial charge in [-0.05, 0) is 87.8 Å². The Balaban J connectivity index is 0.000000136. The van der Waals surface area contributed by atoms with Crippen LogP contribution in [-0.4, -0.2) is 19.3 Å². The summed E-state index contributed by atoms with van der Waals surface area (Å²) in [5.41, 5.74) is 16.4. The quantitative estimate of drug-likeness (QED) is 0.123. The van der Waals surface area contributed by atoms with Crippen LogP contribution in [0.1, 0.15) is 11.1 Å². The smallest absolute Gasteiger partial charge is 0.184 e. The molecular formula is C52H39BrN6S2. The van der Waals surface area contributed by atoms with Gasteiger partial charge in [0.25, 0.3) is 0 Å². The lowest BCUT2D eigenvalue weighted by Gasteiger charge is -2.11. The number of hydrogen-bond donors (Lipinski definition) is 2. The largest absolute Gasteiger partial charge is 0.357 e. The number of isothiocyanates is 1. The Bertz CT molecular complexity index is 3220. The standard InChI is InChI=1S/C26H19N3S.C19H11BrN2S.C7H9N/c1-2-9-18(10-3-1)17-27-26-28-25-23(15-8-16-24(25)30-26)29-21-13-6-4-11-19(21)20-12-5-7-14-22(20)29;20-15-8-5-11-18(19(15)21-12-23)22-16-9-3-1-6-13(16)14-7-2-4-10-17(14)22;8-6-7-4-2-1-3-5-7/h1-16H,17H2,(H,27,28);1-11H;1-5H,6,8H2. The van der Waals surface area contributed by atoms with E-state index < -0.39 is 0 Å². The topological polar surface area (TPSA) is 73.2 Å². The SMILES string of the molecule is NCc1ccccc1.S=C=Nc1c(Br)cccc1-n1c2ccccc2c2ccccc21.c1ccc(CNc2nc3c(-n4c5ccccc5c5ccccc54)cccc3s2)cc1. The number of fused-ring (bicyclic) bond motifs is 7. The molecule has 0 saturated heterocycles. The van der Waals surface area contributed by atoms with Crippen molar-refractivity contribution in [1.82, 2.24) is 14.1 Å². The van der Waals surface area contributed by atoms with Crippen molar-refractivity contribution in [3.63, 3.8) is 0 Å². The number of aromatic nitrogens is 3. The molecule has 3 N–H and O–H groups in total. The minimum absolute atomic E-state index is 0.640. The summed E-state index contributed by atoms with van der Waals surface area (Å²) in [6, 6.07) is 66.9. The van der Waals surface area contributed by atoms with Crippen LogP contribution < -0.4 is 11.1 Å². The minimum Gasteiger partial charge on any atom is -0.357 e. The van der Waals surface area contributed by atoms with Crippen LogP contribution in [0, 0.1) is 0 Å². The van der Waals surface area contributed by atoms with E-state index in [1.54, 1.807) is 11.3 Å². The lowest BCUT2D eigenvalue weighted by atomic mass is 10.2. The van der Waals surface area contributed by atoms with Crippen molar-refractivity contribution in [3.05, 3.63) is 210 Å². The first-order valence-corrected chi connectivity index (χ1v) is 21.9. The number of nitrogens with one attached hydrogen (secondary N) is 1. The first-order valence-electron chi connectivity index (χ1n) is 19.9. The molecule has 0 aliphatic carbocycles. The van der Waals surface area contributed by atoms with E-state index in [1.165, 1.54) is 48.4 Å². The molecule has 8 aromatic carbocycles. The van der Waals surface area contributed by atoms with Gasteiger partial charge in [-0.1, -0.05) is 157 Å². The Morgan fingerprint density at radius 2 is 1.02 bits per heavy atom. The van der Waals surface area contributed by atoms with Gasteiger partial charge in [-0.2, -0.15) is 4.99 Å². The maximum Gasteiger partial charge on any atom is 0.184 e. The summed E-state index contributed by atoms with van der Waals surface area (Å²) in [4.78, 5) is 9.26. The number of thiazole rings is 1. The van der Waals surface area contributed by atoms with Gasteiger partial charge in [0.05, 0.1) is 43.3 Å². The van der Waals surface area contributed by atoms with E-state index in [9.17, 15) is 0 Å². The van der Waals surface area contributed by atoms with Crippen molar-refractivity contribution in [2.75, 3.05) is 5.32 Å². The van der Waals surface area contributed by atoms with Crippen LogP contribution in [-0.2, 0) is 13.1 Å². The van der Waals surface area contributed by atoms with Crippen molar-refractivity contribution >= 4 is 109 Å². The number of nitrogens with two attached hydrogens (primary N) is 1. The van der Waals surface area contributed by atoms with Crippen LogP contribution in [0.25, 0.3) is 65.2 Å². The highest BCUT2D eigenvalue weighted by molar-refractivity contribution is 9.10. The summed E-state index contributed by atoms with van der Waals surface area (Å²) in [5.74, 6) is 0. The number of para-hydroxylation sites is 6. The van der Waals surface area contributed by atoms with Crippen LogP contribution in [0.3, 0.4) is 0 Å². The average molecular weight is 892 g/mol. The monoisotopic (exact) mass is 890 g/mol. The van der Waals surface area contributed by atoms with Crippen LogP contribution in [0.2, 0.25) is 0 Å². The molecular weight excluding hydrogens is 853 g/mol. The van der Waals surface area contributed by atoms with Gasteiger partial charge < -0.3 is 20.2 Å². The molecule has 6 nitrogen and oxygen atoms in total. The fraction of sp³-hybridized carbons (Fsp3) is 0.0385. The Labute approximate surface area is 371 Å². The molecule has 0 fully saturated rings. The third kappa shape index (κ3) is 8.13. The Hall–Kier alpha value is -6.71. The molecule has 296 valence electrons. The summed E-state index contributed by atoms with van der Waals surface area (Å²) in [5, 5.41) is 11.9. The second kappa shape index (κ2) is 18.3. The van der Waals surface area contributed by atoms with E-state index in [4.69, 9.17) is 22.9 Å². The molecule has 3 heterocycles. The molecule has 0 amide bonds. The third-order valence-electron chi connectivity index (χ3n) is 10.5. The zero-order valence-corrected chi connectivity index (χ0v) is 36.2. The Morgan fingerprint density at radius 1 is 0.557 bits per heavy atom. The highest BCUT2D eigenvalue weighted by Crippen LogP contribution is 2.39. The number of aliphatic imine (C=N–C) groups is 1. The molecule has 3 aromatic heterocycles. The van der Waals surface area contributed by atoms with Crippen LogP contribution >= 0.6 is 39.5 Å². The summed E-state index contributed by atoms with van der Waals surface area (Å²) < 4.78 is 6.65. The fourth-order valence-corrected chi connectivity index (χ4v) is 9.20. The van der Waals surface area contributed by atoms with Gasteiger partial charge in [0.2, 0.25) is 0 Å². The predicted octanol–water partition coefficient (Wildman–Crippen LogP) is 14.4. The second-order valence-electron chi connectivity index (χ2n) is 14.2. The molecule has 0 atom stereocenters. The maximum absolute atomic E-state index is 5.35. The maximum atomic E-state index is 5.35. The molecule has 61 heavy (non-hydrogen) atoms. The van der Waals surface area contributed by atoms with Gasteiger partial charge >= 0.3 is 0 Å². The third-order valence-corrected chi connectivity index (χ3v) is 12.2. The molecule has 9 heteroatoms. The number of anilines is 1. The highest BCUT2D eigenvalue weighted by Gasteiger charge is 2.17. The minimum atomic E-state index is 0.640. The van der Waals surface area contributed by atoms with Gasteiger partial charge in [0, 0.05) is 39.1 Å². The summed E-state index contributed by atoms with van der Waals surface area (Å²) >= 11 is 10.1. The van der Waals surface area contributed by atoms with Crippen LogP contribution in [0.4, 0.5) is 10.8 Å². The fourth-order valence-electron chi connectivity index (χ4n) is 7.78. The van der Waals surface area contributed by atoms with Gasteiger partial charge in [-0.3, -0.25) is 0 Å². The highest BCUT2D eigenvalue weighted by atomic mass is 79.9. The Morgan fingerprint density at radius 3 is 1.52 bits per heavy atom. The summed E-state index contributed by atoms with van der Waals surface area (Å²) in [6.07, 6.45) is 0. The molecule has 0 saturated carbocycles.